The van der Waals surface area contributed by atoms with Gasteiger partial charge < -0.3 is 14.4 Å². The molecular formula is C25H45N5O2. The first kappa shape index (κ1) is 23.2. The van der Waals surface area contributed by atoms with Crippen LogP contribution in [0.3, 0.4) is 0 Å². The smallest absolute Gasteiger partial charge is 0.113 e. The summed E-state index contributed by atoms with van der Waals surface area (Å²) in [6.45, 7) is 7.41. The lowest BCUT2D eigenvalue weighted by Crippen LogP contribution is -2.68. The maximum atomic E-state index is 6.31. The van der Waals surface area contributed by atoms with Crippen LogP contribution in [0.4, 0.5) is 0 Å². The lowest BCUT2D eigenvalue weighted by Gasteiger charge is -2.43. The van der Waals surface area contributed by atoms with E-state index in [1.54, 1.807) is 5.57 Å². The quantitative estimate of drug-likeness (QED) is 0.463. The van der Waals surface area contributed by atoms with E-state index in [-0.39, 0.29) is 6.29 Å². The van der Waals surface area contributed by atoms with Gasteiger partial charge in [-0.3, -0.25) is 21.3 Å². The average molecular weight is 448 g/mol. The highest BCUT2D eigenvalue weighted by Crippen LogP contribution is 2.42. The third kappa shape index (κ3) is 5.74. The Morgan fingerprint density at radius 2 is 2.03 bits per heavy atom. The Morgan fingerprint density at radius 1 is 1.09 bits per heavy atom. The fourth-order valence-corrected chi connectivity index (χ4v) is 6.69. The van der Waals surface area contributed by atoms with E-state index in [1.807, 2.05) is 0 Å². The second kappa shape index (κ2) is 10.8. The molecule has 1 aliphatic carbocycles. The zero-order valence-electron chi connectivity index (χ0n) is 20.2. The minimum atomic E-state index is 0.152. The largest absolute Gasteiger partial charge is 0.377 e. The van der Waals surface area contributed by atoms with E-state index in [1.165, 1.54) is 51.5 Å². The molecule has 4 N–H and O–H groups in total. The van der Waals surface area contributed by atoms with Crippen molar-refractivity contribution < 1.29 is 9.47 Å². The van der Waals surface area contributed by atoms with Crippen molar-refractivity contribution >= 4 is 0 Å². The van der Waals surface area contributed by atoms with Crippen molar-refractivity contribution in [1.29, 1.82) is 0 Å². The van der Waals surface area contributed by atoms with Crippen LogP contribution in [0.5, 0.6) is 0 Å². The SMILES string of the molecule is CC1CC(NCC2CCCO2)NC(NC2CC3CCOC3C(C3=CCN(C)CCC3)C2)N1. The van der Waals surface area contributed by atoms with E-state index in [0.717, 1.165) is 32.7 Å². The lowest BCUT2D eigenvalue weighted by molar-refractivity contribution is 0.0174. The van der Waals surface area contributed by atoms with Gasteiger partial charge in [0.25, 0.3) is 0 Å². The molecule has 0 radical (unpaired) electrons. The van der Waals surface area contributed by atoms with Gasteiger partial charge in [0.2, 0.25) is 0 Å². The fraction of sp³-hybridized carbons (Fsp3) is 0.920. The molecule has 8 atom stereocenters. The number of fused-ring (bicyclic) bond motifs is 1. The maximum Gasteiger partial charge on any atom is 0.113 e. The molecule has 7 heteroatoms. The van der Waals surface area contributed by atoms with Crippen LogP contribution in [0.15, 0.2) is 11.6 Å². The molecule has 182 valence electrons. The Balaban J connectivity index is 1.19. The van der Waals surface area contributed by atoms with Crippen LogP contribution in [0, 0.1) is 11.8 Å². The van der Waals surface area contributed by atoms with Gasteiger partial charge in [-0.2, -0.15) is 0 Å². The molecule has 5 aliphatic rings. The van der Waals surface area contributed by atoms with Gasteiger partial charge in [-0.05, 0) is 77.8 Å². The van der Waals surface area contributed by atoms with Crippen molar-refractivity contribution in [2.45, 2.75) is 95.0 Å². The van der Waals surface area contributed by atoms with Crippen molar-refractivity contribution in [3.05, 3.63) is 11.6 Å². The summed E-state index contributed by atoms with van der Waals surface area (Å²) in [6.07, 6.45) is 13.5. The highest BCUT2D eigenvalue weighted by atomic mass is 16.5. The molecule has 4 heterocycles. The Bertz CT molecular complexity index is 640. The monoisotopic (exact) mass is 447 g/mol. The summed E-state index contributed by atoms with van der Waals surface area (Å²) in [5, 5.41) is 15.2. The second-order valence-corrected chi connectivity index (χ2v) is 11.0. The lowest BCUT2D eigenvalue weighted by atomic mass is 9.72. The first-order valence-corrected chi connectivity index (χ1v) is 13.3. The molecule has 1 saturated carbocycles. The predicted octanol–water partition coefficient (Wildman–Crippen LogP) is 1.76. The zero-order chi connectivity index (χ0) is 21.9. The van der Waals surface area contributed by atoms with Crippen LogP contribution < -0.4 is 21.3 Å². The third-order valence-electron chi connectivity index (χ3n) is 8.36. The van der Waals surface area contributed by atoms with Gasteiger partial charge in [-0.1, -0.05) is 11.6 Å². The van der Waals surface area contributed by atoms with E-state index < -0.39 is 0 Å². The van der Waals surface area contributed by atoms with Crippen molar-refractivity contribution in [2.75, 3.05) is 39.9 Å². The number of nitrogens with zero attached hydrogens (tertiary/aromatic N) is 1. The number of likely N-dealkylation sites (N-methyl/N-ethyl adjacent to an activating group) is 1. The van der Waals surface area contributed by atoms with Gasteiger partial charge in [-0.25, -0.2) is 0 Å². The number of rotatable bonds is 6. The van der Waals surface area contributed by atoms with Crippen molar-refractivity contribution in [1.82, 2.24) is 26.2 Å². The number of ether oxygens (including phenoxy) is 2. The molecular weight excluding hydrogens is 402 g/mol. The fourth-order valence-electron chi connectivity index (χ4n) is 6.69. The van der Waals surface area contributed by atoms with Gasteiger partial charge in [0, 0.05) is 44.3 Å². The maximum absolute atomic E-state index is 6.31. The second-order valence-electron chi connectivity index (χ2n) is 11.0. The van der Waals surface area contributed by atoms with Crippen LogP contribution in [0.2, 0.25) is 0 Å². The van der Waals surface area contributed by atoms with E-state index in [0.29, 0.717) is 42.3 Å². The third-order valence-corrected chi connectivity index (χ3v) is 8.36. The molecule has 0 amide bonds. The van der Waals surface area contributed by atoms with Crippen LogP contribution in [0.25, 0.3) is 0 Å². The van der Waals surface area contributed by atoms with Crippen molar-refractivity contribution in [2.24, 2.45) is 11.8 Å². The van der Waals surface area contributed by atoms with Crippen molar-refractivity contribution in [3.8, 4) is 0 Å². The van der Waals surface area contributed by atoms with Crippen LogP contribution in [-0.2, 0) is 9.47 Å². The Labute approximate surface area is 194 Å². The minimum absolute atomic E-state index is 0.152. The molecule has 5 rings (SSSR count). The van der Waals surface area contributed by atoms with Crippen molar-refractivity contribution in [3.63, 3.8) is 0 Å². The van der Waals surface area contributed by atoms with Crippen LogP contribution in [-0.4, -0.2) is 81.5 Å². The van der Waals surface area contributed by atoms with E-state index >= 15 is 0 Å². The molecule has 3 saturated heterocycles. The predicted molar refractivity (Wildman–Crippen MR) is 127 cm³/mol. The molecule has 4 fully saturated rings. The molecule has 0 aromatic heterocycles. The van der Waals surface area contributed by atoms with E-state index in [9.17, 15) is 0 Å². The summed E-state index contributed by atoms with van der Waals surface area (Å²) in [5.41, 5.74) is 1.66. The van der Waals surface area contributed by atoms with E-state index in [4.69, 9.17) is 9.47 Å². The van der Waals surface area contributed by atoms with Gasteiger partial charge in [0.15, 0.2) is 0 Å². The summed E-state index contributed by atoms with van der Waals surface area (Å²) < 4.78 is 12.1. The highest BCUT2D eigenvalue weighted by molar-refractivity contribution is 5.15. The van der Waals surface area contributed by atoms with E-state index in [2.05, 4.69) is 46.2 Å². The molecule has 0 spiro atoms. The Kier molecular flexibility index (Phi) is 7.84. The Hall–Kier alpha value is -0.540. The first-order valence-electron chi connectivity index (χ1n) is 13.3. The molecule has 4 aliphatic heterocycles. The standard InChI is InChI=1S/C25H45N5O2/c1-17-13-23(26-16-21-6-4-11-31-21)29-25(27-17)28-20-14-19-8-12-32-24(19)22(15-20)18-5-3-9-30(2)10-7-18/h7,17,19-29H,3-6,8-16H2,1-2H3. The minimum Gasteiger partial charge on any atom is -0.377 e. The Morgan fingerprint density at radius 3 is 2.91 bits per heavy atom. The topological polar surface area (TPSA) is 69.8 Å². The number of hydrogen-bond acceptors (Lipinski definition) is 7. The summed E-state index contributed by atoms with van der Waals surface area (Å²) in [6, 6.07) is 1.01. The molecule has 7 nitrogen and oxygen atoms in total. The van der Waals surface area contributed by atoms with Crippen LogP contribution in [0.1, 0.15) is 58.3 Å². The summed E-state index contributed by atoms with van der Waals surface area (Å²) in [4.78, 5) is 2.44. The van der Waals surface area contributed by atoms with Gasteiger partial charge in [0.05, 0.1) is 18.4 Å². The normalized spacial score (nSPS) is 43.6. The molecule has 32 heavy (non-hydrogen) atoms. The molecule has 0 aromatic rings. The number of hydrogen-bond donors (Lipinski definition) is 4. The molecule has 8 unspecified atom stereocenters. The highest BCUT2D eigenvalue weighted by Gasteiger charge is 2.43. The summed E-state index contributed by atoms with van der Waals surface area (Å²) >= 11 is 0. The zero-order valence-corrected chi connectivity index (χ0v) is 20.2. The summed E-state index contributed by atoms with van der Waals surface area (Å²) in [5.74, 6) is 1.28. The van der Waals surface area contributed by atoms with Gasteiger partial charge >= 0.3 is 0 Å². The average Bonchev–Trinajstić information content (AvgIpc) is 3.41. The first-order chi connectivity index (χ1) is 15.6. The van der Waals surface area contributed by atoms with Gasteiger partial charge in [-0.15, -0.1) is 0 Å². The van der Waals surface area contributed by atoms with Crippen LogP contribution >= 0.6 is 0 Å². The number of nitrogens with one attached hydrogen (secondary N) is 4. The molecule has 0 aromatic carbocycles. The molecule has 0 bridgehead atoms. The van der Waals surface area contributed by atoms with Gasteiger partial charge in [0.1, 0.15) is 6.29 Å². The summed E-state index contributed by atoms with van der Waals surface area (Å²) in [7, 11) is 2.24.